The Labute approximate surface area is 313 Å². The van der Waals surface area contributed by atoms with E-state index in [1.807, 2.05) is 124 Å². The van der Waals surface area contributed by atoms with Gasteiger partial charge in [0, 0.05) is 53.8 Å². The van der Waals surface area contributed by atoms with E-state index in [0.717, 1.165) is 39.1 Å². The van der Waals surface area contributed by atoms with E-state index in [-0.39, 0.29) is 35.6 Å². The number of nitrogens with one attached hydrogen (secondary N) is 1. The average Bonchev–Trinajstić information content (AvgIpc) is 3.98. The van der Waals surface area contributed by atoms with Crippen molar-refractivity contribution in [3.8, 4) is 0 Å². The number of para-hydroxylation sites is 1. The fourth-order valence-corrected chi connectivity index (χ4v) is 11.4. The third-order valence-electron chi connectivity index (χ3n) is 10.5. The summed E-state index contributed by atoms with van der Waals surface area (Å²) >= 11 is 0. The van der Waals surface area contributed by atoms with Gasteiger partial charge in [-0.3, -0.25) is 9.69 Å². The van der Waals surface area contributed by atoms with Crippen molar-refractivity contribution in [1.29, 1.82) is 0 Å². The molecule has 3 fully saturated rings. The zero-order valence-electron chi connectivity index (χ0n) is 28.8. The second kappa shape index (κ2) is 15.8. The number of hydrogen-bond donors (Lipinski definition) is 1. The van der Waals surface area contributed by atoms with Gasteiger partial charge in [0.2, 0.25) is 0 Å². The minimum atomic E-state index is -3.23. The molecule has 0 bridgehead atoms. The molecule has 0 unspecified atom stereocenters. The van der Waals surface area contributed by atoms with Crippen LogP contribution in [0.15, 0.2) is 96.2 Å². The Balaban J connectivity index is 0.000000689. The summed E-state index contributed by atoms with van der Waals surface area (Å²) in [6, 6.07) is 27.1. The van der Waals surface area contributed by atoms with Crippen molar-refractivity contribution in [3.05, 3.63) is 165 Å². The molecule has 3 aromatic rings. The van der Waals surface area contributed by atoms with E-state index in [0.29, 0.717) is 18.5 Å². The molecule has 7 nitrogen and oxygen atoms in total. The molecule has 9 heteroatoms. The van der Waals surface area contributed by atoms with E-state index in [4.69, 9.17) is 9.47 Å². The molecule has 2 saturated carbocycles. The molecule has 5 aliphatic rings. The monoisotopic (exact) mass is 740 g/mol. The number of esters is 2. The Morgan fingerprint density at radius 3 is 2.04 bits per heavy atom. The molecule has 1 saturated heterocycles. The zero-order chi connectivity index (χ0) is 34.9. The summed E-state index contributed by atoms with van der Waals surface area (Å²) in [7, 11) is -1.85. The van der Waals surface area contributed by atoms with E-state index in [1.54, 1.807) is 0 Å². The second-order valence-corrected chi connectivity index (χ2v) is 15.8. The third-order valence-corrected chi connectivity index (χ3v) is 13.6. The van der Waals surface area contributed by atoms with Crippen LogP contribution in [0.5, 0.6) is 0 Å². The van der Waals surface area contributed by atoms with Gasteiger partial charge in [0.15, 0.2) is 7.14 Å². The summed E-state index contributed by atoms with van der Waals surface area (Å²) in [6.45, 7) is 4.25. The van der Waals surface area contributed by atoms with Gasteiger partial charge in [-0.05, 0) is 76.3 Å². The fraction of sp³-hybridized carbons (Fsp3) is 0.238. The number of hydrogen-bond acceptors (Lipinski definition) is 7. The predicted molar refractivity (Wildman–Crippen MR) is 196 cm³/mol. The van der Waals surface area contributed by atoms with Crippen molar-refractivity contribution in [1.82, 2.24) is 4.90 Å². The number of likely N-dealkylation sites (tertiary alicyclic amines) is 1. The van der Waals surface area contributed by atoms with Crippen LogP contribution in [0.4, 0.5) is 5.69 Å². The molecule has 260 valence electrons. The van der Waals surface area contributed by atoms with Crippen LogP contribution in [-0.4, -0.2) is 48.7 Å². The molecule has 51 heavy (non-hydrogen) atoms. The number of methoxy groups -OCH3 is 1. The van der Waals surface area contributed by atoms with E-state index in [1.165, 1.54) is 14.0 Å². The maximum atomic E-state index is 15.5. The summed E-state index contributed by atoms with van der Waals surface area (Å²) in [5.41, 5.74) is 3.58. The van der Waals surface area contributed by atoms with Gasteiger partial charge in [-0.1, -0.05) is 78.9 Å². The number of rotatable bonds is 7. The van der Waals surface area contributed by atoms with E-state index < -0.39 is 30.6 Å². The molecule has 1 spiro atoms. The van der Waals surface area contributed by atoms with Gasteiger partial charge in [-0.15, -0.1) is 0 Å². The van der Waals surface area contributed by atoms with Crippen molar-refractivity contribution in [2.24, 2.45) is 0 Å². The summed E-state index contributed by atoms with van der Waals surface area (Å²) < 4.78 is 26.8. The van der Waals surface area contributed by atoms with Crippen molar-refractivity contribution in [2.75, 3.05) is 19.0 Å². The molecule has 8 rings (SSSR count). The largest absolute Gasteiger partial charge is 2.00 e. The first kappa shape index (κ1) is 37.6. The molecule has 0 aromatic heterocycles. The normalized spacial score (nSPS) is 25.0. The number of benzene rings is 3. The first-order chi connectivity index (χ1) is 24.3. The maximum Gasteiger partial charge on any atom is 2.00 e. The Morgan fingerprint density at radius 2 is 1.45 bits per heavy atom. The van der Waals surface area contributed by atoms with Crippen LogP contribution in [0, 0.1) is 62.9 Å². The molecular weight excluding hydrogens is 699 g/mol. The molecule has 1 N–H and O–H groups in total. The Morgan fingerprint density at radius 1 is 0.863 bits per heavy atom. The third kappa shape index (κ3) is 6.67. The van der Waals surface area contributed by atoms with Gasteiger partial charge in [0.05, 0.1) is 29.8 Å². The van der Waals surface area contributed by atoms with Crippen LogP contribution in [0.3, 0.4) is 0 Å². The molecule has 2 aliphatic heterocycles. The Bertz CT molecular complexity index is 1730. The quantitative estimate of drug-likeness (QED) is 0.172. The first-order valence-electron chi connectivity index (χ1n) is 17.1. The molecule has 4 atom stereocenters. The van der Waals surface area contributed by atoms with Crippen molar-refractivity contribution < 1.29 is 40.7 Å². The molecule has 10 radical (unpaired) electrons. The van der Waals surface area contributed by atoms with Crippen LogP contribution in [0.1, 0.15) is 32.3 Å². The van der Waals surface area contributed by atoms with Gasteiger partial charge in [-0.2, -0.15) is 0 Å². The summed E-state index contributed by atoms with van der Waals surface area (Å²) in [5, 5.41) is 5.14. The SMILES string of the molecule is COC(=O)C1=C2Nc3ccccc3[C@@]23CCN([C@@H](C)[C]2[CH][CH][CH][C]2P(=O)(c2ccccc2)c2ccccc2)[C@H]3[C@H](OC(C)=O)C1.[CH]1[CH][CH][CH][CH]1.[Fe+2]. The van der Waals surface area contributed by atoms with Crippen molar-refractivity contribution in [3.63, 3.8) is 0 Å². The number of carbonyl (C=O) groups is 2. The fourth-order valence-electron chi connectivity index (χ4n) is 8.42. The summed E-state index contributed by atoms with van der Waals surface area (Å²) in [4.78, 5) is 28.2. The van der Waals surface area contributed by atoms with Crippen LogP contribution < -0.4 is 15.9 Å². The van der Waals surface area contributed by atoms with E-state index >= 15 is 4.57 Å². The number of carbonyl (C=O) groups excluding carboxylic acids is 2. The Hall–Kier alpha value is -3.15. The predicted octanol–water partition coefficient (Wildman–Crippen LogP) is 6.34. The number of nitrogens with zero attached hydrogens (tertiary/aromatic N) is 1. The minimum Gasteiger partial charge on any atom is -0.466 e. The van der Waals surface area contributed by atoms with Crippen molar-refractivity contribution >= 4 is 35.4 Å². The second-order valence-electron chi connectivity index (χ2n) is 13.1. The van der Waals surface area contributed by atoms with E-state index in [9.17, 15) is 9.59 Å². The topological polar surface area (TPSA) is 84.9 Å². The van der Waals surface area contributed by atoms with Gasteiger partial charge in [0.1, 0.15) is 6.10 Å². The standard InChI is InChI=1S/C37H36N2O5P.C5H5.Fe/c1-24(28-17-12-20-33(28)45(42,26-13-6-4-7-14-26)27-15-8-5-9-16-27)39-22-21-37-30-18-10-11-19-31(30)38-34(37)29(36(41)43-3)23-32(35(37)39)44-25(2)40;1-2-4-5-3-1;/h4-20,24,32,35,38H,21-23H2,1-3H3;1-5H;/q;;+2/t24-,32+,35-,37-;;/m0../s1. The maximum absolute atomic E-state index is 15.5. The molecule has 2 heterocycles. The van der Waals surface area contributed by atoms with Crippen molar-refractivity contribution in [2.45, 2.75) is 50.3 Å². The van der Waals surface area contributed by atoms with Crippen LogP contribution >= 0.6 is 7.14 Å². The number of fused-ring (bicyclic) bond motifs is 1. The van der Waals surface area contributed by atoms with Crippen LogP contribution in [0.25, 0.3) is 0 Å². The van der Waals surface area contributed by atoms with Gasteiger partial charge in [-0.25, -0.2) is 4.79 Å². The average molecular weight is 741 g/mol. The van der Waals surface area contributed by atoms with Crippen LogP contribution in [-0.2, 0) is 46.1 Å². The van der Waals surface area contributed by atoms with Crippen LogP contribution in [0.2, 0.25) is 0 Å². The smallest absolute Gasteiger partial charge is 0.466 e. The van der Waals surface area contributed by atoms with Gasteiger partial charge >= 0.3 is 29.0 Å². The zero-order valence-corrected chi connectivity index (χ0v) is 30.8. The molecular formula is C42H41FeN2O5P+2. The van der Waals surface area contributed by atoms with Gasteiger partial charge < -0.3 is 19.4 Å². The number of anilines is 1. The molecule has 3 aliphatic carbocycles. The first-order valence-corrected chi connectivity index (χ1v) is 18.8. The van der Waals surface area contributed by atoms with Gasteiger partial charge in [0.25, 0.3) is 0 Å². The minimum absolute atomic E-state index is 0. The Kier molecular flexibility index (Phi) is 11.7. The summed E-state index contributed by atoms with van der Waals surface area (Å²) in [6.07, 6.45) is 16.4. The molecule has 3 aromatic carbocycles. The summed E-state index contributed by atoms with van der Waals surface area (Å²) in [5.74, 6) is 0.165. The molecule has 0 amide bonds. The van der Waals surface area contributed by atoms with E-state index in [2.05, 4.69) is 29.6 Å². The number of ether oxygens (including phenoxy) is 2.